The summed E-state index contributed by atoms with van der Waals surface area (Å²) in [7, 11) is 2.92. The number of para-hydroxylation sites is 1. The van der Waals surface area contributed by atoms with Crippen molar-refractivity contribution in [1.29, 1.82) is 0 Å². The molecular weight excluding hydrogens is 528 g/mol. The van der Waals surface area contributed by atoms with Crippen molar-refractivity contribution in [3.8, 4) is 11.5 Å². The van der Waals surface area contributed by atoms with Gasteiger partial charge in [0.2, 0.25) is 17.1 Å². The number of benzene rings is 2. The highest BCUT2D eigenvalue weighted by Crippen LogP contribution is 2.35. The minimum absolute atomic E-state index is 0.0397. The minimum Gasteiger partial charge on any atom is -0.502 e. The number of hydrogen-bond donors (Lipinski definition) is 2. The number of nitrogens with zero attached hydrogens (tertiary/aromatic N) is 1. The van der Waals surface area contributed by atoms with Crippen LogP contribution in [0.2, 0.25) is 0 Å². The van der Waals surface area contributed by atoms with Crippen molar-refractivity contribution in [1.82, 2.24) is 9.88 Å². The molecule has 5 aromatic rings. The van der Waals surface area contributed by atoms with Gasteiger partial charge in [-0.25, -0.2) is 0 Å². The number of aromatic amines is 1. The van der Waals surface area contributed by atoms with Crippen molar-refractivity contribution in [3.63, 3.8) is 0 Å². The summed E-state index contributed by atoms with van der Waals surface area (Å²) in [6, 6.07) is 14.0. The third-order valence-corrected chi connectivity index (χ3v) is 7.60. The van der Waals surface area contributed by atoms with Gasteiger partial charge in [-0.2, -0.15) is 0 Å². The Morgan fingerprint density at radius 2 is 1.95 bits per heavy atom. The lowest BCUT2D eigenvalue weighted by Crippen LogP contribution is -2.37. The van der Waals surface area contributed by atoms with E-state index in [0.29, 0.717) is 30.8 Å². The normalized spacial score (nSPS) is 13.9. The highest BCUT2D eigenvalue weighted by atomic mass is 16.5. The van der Waals surface area contributed by atoms with E-state index in [9.17, 15) is 19.5 Å². The van der Waals surface area contributed by atoms with Gasteiger partial charge in [0.1, 0.15) is 23.7 Å². The molecule has 1 aliphatic heterocycles. The van der Waals surface area contributed by atoms with E-state index in [1.807, 2.05) is 18.2 Å². The van der Waals surface area contributed by atoms with Crippen LogP contribution in [0.15, 0.2) is 73.2 Å². The number of carbonyl (C=O) groups excluding carboxylic acids is 1. The Hall–Kier alpha value is -4.83. The molecule has 3 aromatic heterocycles. The molecule has 1 aliphatic rings. The first kappa shape index (κ1) is 26.4. The summed E-state index contributed by atoms with van der Waals surface area (Å²) in [5.74, 6) is -1.66. The molecule has 0 saturated heterocycles. The average molecular weight is 557 g/mol. The Balaban J connectivity index is 1.42. The third kappa shape index (κ3) is 4.76. The Labute approximate surface area is 233 Å². The third-order valence-electron chi connectivity index (χ3n) is 7.60. The van der Waals surface area contributed by atoms with Crippen LogP contribution in [0.3, 0.4) is 0 Å². The summed E-state index contributed by atoms with van der Waals surface area (Å²) < 4.78 is 22.0. The quantitative estimate of drug-likeness (QED) is 0.305. The summed E-state index contributed by atoms with van der Waals surface area (Å²) in [5.41, 5.74) is 2.40. The molecular formula is C31H28N2O8. The number of methoxy groups -OCH3 is 2. The number of carbonyl (C=O) groups is 1. The Bertz CT molecular complexity index is 1900. The number of ether oxygens (including phenoxy) is 2. The van der Waals surface area contributed by atoms with Crippen LogP contribution in [-0.2, 0) is 29.1 Å². The maximum Gasteiger partial charge on any atom is 0.227 e. The summed E-state index contributed by atoms with van der Waals surface area (Å²) in [6.45, 7) is 0.796. The number of amides is 1. The first-order valence-corrected chi connectivity index (χ1v) is 13.2. The van der Waals surface area contributed by atoms with Crippen LogP contribution in [-0.4, -0.2) is 41.7 Å². The standard InChI is InChI=1S/C31H28N2O8/c1-38-15-18-12-26(34)30(37)31(41-18)21(23-16-40-27-8-7-17(39-2)11-22(27)29(23)36)13-28(35)33-10-9-20-19-5-3-4-6-24(19)32-25(20)14-33/h3-8,11-12,16,21,32,37H,9-10,13-15H2,1-2H3. The van der Waals surface area contributed by atoms with Crippen molar-refractivity contribution >= 4 is 27.8 Å². The van der Waals surface area contributed by atoms with Crippen molar-refractivity contribution in [2.24, 2.45) is 0 Å². The second-order valence-corrected chi connectivity index (χ2v) is 10.1. The zero-order chi connectivity index (χ0) is 28.7. The van der Waals surface area contributed by atoms with E-state index < -0.39 is 22.5 Å². The van der Waals surface area contributed by atoms with Gasteiger partial charge in [-0.1, -0.05) is 18.2 Å². The van der Waals surface area contributed by atoms with Crippen LogP contribution in [0.5, 0.6) is 11.5 Å². The van der Waals surface area contributed by atoms with Gasteiger partial charge in [0.05, 0.1) is 31.2 Å². The smallest absolute Gasteiger partial charge is 0.227 e. The van der Waals surface area contributed by atoms with Gasteiger partial charge in [0.25, 0.3) is 0 Å². The van der Waals surface area contributed by atoms with E-state index in [1.54, 1.807) is 23.1 Å². The maximum absolute atomic E-state index is 13.8. The molecule has 2 N–H and O–H groups in total. The molecule has 10 heteroatoms. The Morgan fingerprint density at radius 1 is 1.12 bits per heavy atom. The summed E-state index contributed by atoms with van der Waals surface area (Å²) in [4.78, 5) is 45.4. The first-order valence-electron chi connectivity index (χ1n) is 13.2. The predicted octanol–water partition coefficient (Wildman–Crippen LogP) is 4.20. The fourth-order valence-corrected chi connectivity index (χ4v) is 5.55. The number of nitrogens with one attached hydrogen (secondary N) is 1. The van der Waals surface area contributed by atoms with E-state index in [4.69, 9.17) is 18.3 Å². The lowest BCUT2D eigenvalue weighted by molar-refractivity contribution is -0.132. The monoisotopic (exact) mass is 556 g/mol. The number of aromatic nitrogens is 1. The predicted molar refractivity (Wildman–Crippen MR) is 150 cm³/mol. The highest BCUT2D eigenvalue weighted by Gasteiger charge is 2.32. The van der Waals surface area contributed by atoms with Crippen molar-refractivity contribution in [3.05, 3.63) is 104 Å². The molecule has 0 fully saturated rings. The van der Waals surface area contributed by atoms with Crippen LogP contribution in [0.1, 0.15) is 40.7 Å². The number of rotatable bonds is 7. The highest BCUT2D eigenvalue weighted by molar-refractivity contribution is 5.86. The van der Waals surface area contributed by atoms with E-state index in [-0.39, 0.29) is 41.4 Å². The second-order valence-electron chi connectivity index (χ2n) is 10.1. The van der Waals surface area contributed by atoms with Gasteiger partial charge in [0, 0.05) is 48.3 Å². The molecule has 210 valence electrons. The fourth-order valence-electron chi connectivity index (χ4n) is 5.55. The lowest BCUT2D eigenvalue weighted by Gasteiger charge is -2.28. The molecule has 1 unspecified atom stereocenters. The number of aromatic hydroxyl groups is 1. The largest absolute Gasteiger partial charge is 0.502 e. The van der Waals surface area contributed by atoms with Crippen LogP contribution >= 0.6 is 0 Å². The zero-order valence-corrected chi connectivity index (χ0v) is 22.6. The van der Waals surface area contributed by atoms with E-state index >= 15 is 0 Å². The van der Waals surface area contributed by atoms with Gasteiger partial charge in [0.15, 0.2) is 11.2 Å². The fraction of sp³-hybridized carbons (Fsp3) is 0.258. The SMILES string of the molecule is COCc1cc(=O)c(O)c(C(CC(=O)N2CCc3c([nH]c4ccccc34)C2)c2coc3ccc(OC)cc3c2=O)o1. The lowest BCUT2D eigenvalue weighted by atomic mass is 9.91. The molecule has 6 rings (SSSR count). The zero-order valence-electron chi connectivity index (χ0n) is 22.6. The topological polar surface area (TPSA) is 135 Å². The maximum atomic E-state index is 13.8. The van der Waals surface area contributed by atoms with E-state index in [2.05, 4.69) is 11.1 Å². The molecule has 10 nitrogen and oxygen atoms in total. The number of H-pyrrole nitrogens is 1. The second kappa shape index (κ2) is 10.6. The van der Waals surface area contributed by atoms with Crippen LogP contribution in [0.25, 0.3) is 21.9 Å². The van der Waals surface area contributed by atoms with Crippen LogP contribution in [0, 0.1) is 0 Å². The molecule has 1 atom stereocenters. The summed E-state index contributed by atoms with van der Waals surface area (Å²) in [5, 5.41) is 12.2. The van der Waals surface area contributed by atoms with Gasteiger partial charge >= 0.3 is 0 Å². The Kier molecular flexibility index (Phi) is 6.84. The van der Waals surface area contributed by atoms with E-state index in [1.165, 1.54) is 26.0 Å². The van der Waals surface area contributed by atoms with Gasteiger partial charge in [-0.3, -0.25) is 14.4 Å². The molecule has 41 heavy (non-hydrogen) atoms. The van der Waals surface area contributed by atoms with Crippen LogP contribution in [0.4, 0.5) is 0 Å². The molecule has 0 spiro atoms. The molecule has 0 aliphatic carbocycles. The summed E-state index contributed by atoms with van der Waals surface area (Å²) in [6.07, 6.45) is 1.67. The molecule has 0 radical (unpaired) electrons. The minimum atomic E-state index is -1.11. The van der Waals surface area contributed by atoms with Crippen molar-refractivity contribution in [2.45, 2.75) is 31.9 Å². The number of fused-ring (bicyclic) bond motifs is 4. The van der Waals surface area contributed by atoms with Gasteiger partial charge < -0.3 is 33.3 Å². The number of hydrogen-bond acceptors (Lipinski definition) is 8. The van der Waals surface area contributed by atoms with Gasteiger partial charge in [-0.15, -0.1) is 0 Å². The summed E-state index contributed by atoms with van der Waals surface area (Å²) >= 11 is 0. The average Bonchev–Trinajstić information content (AvgIpc) is 3.36. The molecule has 4 heterocycles. The van der Waals surface area contributed by atoms with Crippen LogP contribution < -0.4 is 15.6 Å². The van der Waals surface area contributed by atoms with E-state index in [0.717, 1.165) is 22.7 Å². The van der Waals surface area contributed by atoms with Crippen molar-refractivity contribution < 1.29 is 28.2 Å². The molecule has 0 saturated carbocycles. The van der Waals surface area contributed by atoms with Crippen molar-refractivity contribution in [2.75, 3.05) is 20.8 Å². The van der Waals surface area contributed by atoms with Gasteiger partial charge in [-0.05, 0) is 36.2 Å². The first-order chi connectivity index (χ1) is 19.9. The Morgan fingerprint density at radius 3 is 2.76 bits per heavy atom. The molecule has 1 amide bonds. The molecule has 0 bridgehead atoms. The molecule has 2 aromatic carbocycles.